The molecule has 27 heavy (non-hydrogen) atoms. The van der Waals surface area contributed by atoms with Crippen LogP contribution in [0, 0.1) is 12.7 Å². The molecule has 1 aromatic carbocycles. The summed E-state index contributed by atoms with van der Waals surface area (Å²) < 4.78 is 25.5. The number of nitrogens with one attached hydrogen (secondary N) is 1. The number of ether oxygens (including phenoxy) is 2. The molecule has 0 atom stereocenters. The second-order valence-electron chi connectivity index (χ2n) is 7.00. The Kier molecular flexibility index (Phi) is 7.26. The lowest BCUT2D eigenvalue weighted by atomic mass is 10.2. The van der Waals surface area contributed by atoms with Crippen molar-refractivity contribution in [2.45, 2.75) is 56.2 Å². The van der Waals surface area contributed by atoms with E-state index in [-0.39, 0.29) is 5.82 Å². The van der Waals surface area contributed by atoms with Gasteiger partial charge in [-0.15, -0.1) is 0 Å². The van der Waals surface area contributed by atoms with Crippen molar-refractivity contribution in [2.75, 3.05) is 13.7 Å². The number of carbonyl (C=O) groups is 1. The summed E-state index contributed by atoms with van der Waals surface area (Å²) in [6, 6.07) is 6.33. The second-order valence-corrected chi connectivity index (χ2v) is 8.09. The van der Waals surface area contributed by atoms with Crippen LogP contribution >= 0.6 is 11.8 Å². The average Bonchev–Trinajstić information content (AvgIpc) is 2.84. The van der Waals surface area contributed by atoms with Gasteiger partial charge in [0.15, 0.2) is 0 Å². The van der Waals surface area contributed by atoms with Gasteiger partial charge in [-0.1, -0.05) is 11.8 Å². The molecule has 0 radical (unpaired) electrons. The molecular formula is C19H26FN3O3S. The number of hydrogen-bond donors (Lipinski definition) is 1. The van der Waals surface area contributed by atoms with Crippen molar-refractivity contribution >= 4 is 17.9 Å². The maximum atomic E-state index is 13.1. The van der Waals surface area contributed by atoms with Gasteiger partial charge in [0.05, 0.1) is 29.4 Å². The van der Waals surface area contributed by atoms with E-state index >= 15 is 0 Å². The van der Waals surface area contributed by atoms with Crippen molar-refractivity contribution < 1.29 is 18.7 Å². The maximum Gasteiger partial charge on any atom is 0.407 e. The van der Waals surface area contributed by atoms with Crippen molar-refractivity contribution in [2.24, 2.45) is 0 Å². The minimum absolute atomic E-state index is 0.267. The molecule has 0 saturated carbocycles. The van der Waals surface area contributed by atoms with Gasteiger partial charge in [-0.2, -0.15) is 5.10 Å². The molecule has 0 unspecified atom stereocenters. The molecule has 6 nitrogen and oxygen atoms in total. The number of halogens is 1. The van der Waals surface area contributed by atoms with E-state index in [0.717, 1.165) is 21.2 Å². The van der Waals surface area contributed by atoms with Gasteiger partial charge in [0.25, 0.3) is 0 Å². The minimum Gasteiger partial charge on any atom is -0.444 e. The zero-order valence-corrected chi connectivity index (χ0v) is 17.2. The fourth-order valence-corrected chi connectivity index (χ4v) is 3.38. The number of methoxy groups -OCH3 is 1. The molecule has 2 rings (SSSR count). The van der Waals surface area contributed by atoms with Crippen molar-refractivity contribution in [3.8, 4) is 0 Å². The smallest absolute Gasteiger partial charge is 0.407 e. The summed E-state index contributed by atoms with van der Waals surface area (Å²) >= 11 is 1.52. The van der Waals surface area contributed by atoms with Crippen LogP contribution in [0.1, 0.15) is 32.2 Å². The van der Waals surface area contributed by atoms with E-state index in [9.17, 15) is 9.18 Å². The summed E-state index contributed by atoms with van der Waals surface area (Å²) in [6.45, 7) is 8.63. The predicted molar refractivity (Wildman–Crippen MR) is 102 cm³/mol. The highest BCUT2D eigenvalue weighted by Crippen LogP contribution is 2.33. The largest absolute Gasteiger partial charge is 0.444 e. The quantitative estimate of drug-likeness (QED) is 0.763. The molecule has 0 fully saturated rings. The third kappa shape index (κ3) is 6.55. The highest BCUT2D eigenvalue weighted by Gasteiger charge is 2.18. The summed E-state index contributed by atoms with van der Waals surface area (Å²) in [7, 11) is 1.62. The molecule has 148 valence electrons. The molecule has 1 heterocycles. The van der Waals surface area contributed by atoms with Crippen LogP contribution < -0.4 is 5.32 Å². The van der Waals surface area contributed by atoms with Gasteiger partial charge < -0.3 is 14.8 Å². The molecule has 0 saturated heterocycles. The van der Waals surface area contributed by atoms with Gasteiger partial charge in [-0.25, -0.2) is 9.18 Å². The molecule has 0 aliphatic carbocycles. The number of aromatic nitrogens is 2. The Morgan fingerprint density at radius 3 is 2.56 bits per heavy atom. The van der Waals surface area contributed by atoms with Gasteiger partial charge in [-0.3, -0.25) is 4.68 Å². The minimum atomic E-state index is -0.535. The summed E-state index contributed by atoms with van der Waals surface area (Å²) in [5, 5.41) is 7.29. The number of rotatable bonds is 7. The van der Waals surface area contributed by atoms with E-state index in [1.54, 1.807) is 19.2 Å². The Labute approximate surface area is 163 Å². The molecule has 0 bridgehead atoms. The summed E-state index contributed by atoms with van der Waals surface area (Å²) in [5.41, 5.74) is 1.23. The number of nitrogens with zero attached hydrogens (tertiary/aromatic N) is 2. The van der Waals surface area contributed by atoms with Crippen LogP contribution in [0.5, 0.6) is 0 Å². The number of aryl methyl sites for hydroxylation is 1. The van der Waals surface area contributed by atoms with E-state index in [1.807, 2.05) is 32.4 Å². The van der Waals surface area contributed by atoms with E-state index in [4.69, 9.17) is 9.47 Å². The van der Waals surface area contributed by atoms with Crippen LogP contribution in [0.25, 0.3) is 0 Å². The first-order valence-electron chi connectivity index (χ1n) is 8.65. The number of alkyl carbamates (subject to hydrolysis) is 1. The standard InChI is InChI=1S/C19H26FN3O3S/c1-13-17(27-15-8-6-14(20)7-9-15)16(12-25-5)23(22-13)11-10-21-18(24)26-19(2,3)4/h6-9H,10-12H2,1-5H3,(H,21,24). The Morgan fingerprint density at radius 2 is 1.96 bits per heavy atom. The van der Waals surface area contributed by atoms with Crippen LogP contribution in [0.2, 0.25) is 0 Å². The molecule has 1 amide bonds. The van der Waals surface area contributed by atoms with Crippen molar-refractivity contribution in [1.82, 2.24) is 15.1 Å². The number of hydrogen-bond acceptors (Lipinski definition) is 5. The van der Waals surface area contributed by atoms with Crippen molar-refractivity contribution in [3.63, 3.8) is 0 Å². The van der Waals surface area contributed by atoms with Gasteiger partial charge in [0, 0.05) is 18.6 Å². The number of benzene rings is 1. The highest BCUT2D eigenvalue weighted by atomic mass is 32.2. The Bertz CT molecular complexity index is 770. The van der Waals surface area contributed by atoms with Crippen molar-refractivity contribution in [1.29, 1.82) is 0 Å². The fourth-order valence-electron chi connectivity index (χ4n) is 2.41. The summed E-state index contributed by atoms with van der Waals surface area (Å²) in [6.07, 6.45) is -0.458. The maximum absolute atomic E-state index is 13.1. The first kappa shape index (κ1) is 21.2. The van der Waals surface area contributed by atoms with Gasteiger partial charge in [-0.05, 0) is 52.0 Å². The normalized spacial score (nSPS) is 11.5. The summed E-state index contributed by atoms with van der Waals surface area (Å²) in [4.78, 5) is 13.7. The first-order valence-corrected chi connectivity index (χ1v) is 9.46. The first-order chi connectivity index (χ1) is 12.7. The van der Waals surface area contributed by atoms with Crippen LogP contribution in [0.15, 0.2) is 34.1 Å². The summed E-state index contributed by atoms with van der Waals surface area (Å²) in [5.74, 6) is -0.267. The van der Waals surface area contributed by atoms with E-state index in [0.29, 0.717) is 19.7 Å². The molecule has 0 spiro atoms. The molecular weight excluding hydrogens is 369 g/mol. The highest BCUT2D eigenvalue weighted by molar-refractivity contribution is 7.99. The molecule has 1 N–H and O–H groups in total. The molecule has 0 aliphatic heterocycles. The molecule has 1 aromatic heterocycles. The van der Waals surface area contributed by atoms with Crippen LogP contribution in [0.3, 0.4) is 0 Å². The fraction of sp³-hybridized carbons (Fsp3) is 0.474. The van der Waals surface area contributed by atoms with E-state index in [2.05, 4.69) is 10.4 Å². The lowest BCUT2D eigenvalue weighted by molar-refractivity contribution is 0.0525. The molecule has 2 aromatic rings. The van der Waals surface area contributed by atoms with Crippen LogP contribution in [-0.4, -0.2) is 35.1 Å². The van der Waals surface area contributed by atoms with E-state index < -0.39 is 11.7 Å². The van der Waals surface area contributed by atoms with Gasteiger partial charge >= 0.3 is 6.09 Å². The second kappa shape index (κ2) is 9.23. The Morgan fingerprint density at radius 1 is 1.30 bits per heavy atom. The topological polar surface area (TPSA) is 65.4 Å². The molecule has 0 aliphatic rings. The lowest BCUT2D eigenvalue weighted by Gasteiger charge is -2.19. The third-order valence-electron chi connectivity index (χ3n) is 3.48. The SMILES string of the molecule is COCc1c(Sc2ccc(F)cc2)c(C)nn1CCNC(=O)OC(C)(C)C. The number of carbonyl (C=O) groups excluding carboxylic acids is 1. The Balaban J connectivity index is 2.08. The third-order valence-corrected chi connectivity index (χ3v) is 4.72. The average molecular weight is 396 g/mol. The lowest BCUT2D eigenvalue weighted by Crippen LogP contribution is -2.34. The molecule has 8 heteroatoms. The van der Waals surface area contributed by atoms with Crippen LogP contribution in [0.4, 0.5) is 9.18 Å². The predicted octanol–water partition coefficient (Wildman–Crippen LogP) is 4.15. The van der Waals surface area contributed by atoms with E-state index in [1.165, 1.54) is 23.9 Å². The Hall–Kier alpha value is -2.06. The number of amides is 1. The van der Waals surface area contributed by atoms with Gasteiger partial charge in [0.1, 0.15) is 11.4 Å². The monoisotopic (exact) mass is 395 g/mol. The zero-order chi connectivity index (χ0) is 20.0. The van der Waals surface area contributed by atoms with Gasteiger partial charge in [0.2, 0.25) is 0 Å². The zero-order valence-electron chi connectivity index (χ0n) is 16.3. The van der Waals surface area contributed by atoms with Crippen molar-refractivity contribution in [3.05, 3.63) is 41.5 Å². The van der Waals surface area contributed by atoms with Crippen LogP contribution in [-0.2, 0) is 22.6 Å².